The Kier molecular flexibility index (Phi) is 4.57. The molecule has 0 saturated heterocycles. The first-order valence-corrected chi connectivity index (χ1v) is 9.07. The molecule has 140 valence electrons. The number of methoxy groups -OCH3 is 1. The first-order valence-electron chi connectivity index (χ1n) is 9.07. The van der Waals surface area contributed by atoms with E-state index in [4.69, 9.17) is 9.72 Å². The fourth-order valence-corrected chi connectivity index (χ4v) is 3.18. The van der Waals surface area contributed by atoms with E-state index in [0.717, 1.165) is 22.3 Å². The Morgan fingerprint density at radius 1 is 1.00 bits per heavy atom. The summed E-state index contributed by atoms with van der Waals surface area (Å²) in [4.78, 5) is 17.7. The van der Waals surface area contributed by atoms with Gasteiger partial charge in [-0.1, -0.05) is 29.8 Å². The molecule has 0 bridgehead atoms. The molecule has 4 aromatic rings. The molecule has 0 atom stereocenters. The van der Waals surface area contributed by atoms with E-state index in [0.29, 0.717) is 22.8 Å². The Morgan fingerprint density at radius 3 is 2.50 bits per heavy atom. The second-order valence-corrected chi connectivity index (χ2v) is 6.76. The number of pyridine rings is 1. The lowest BCUT2D eigenvalue weighted by molar-refractivity contribution is 0.102. The van der Waals surface area contributed by atoms with E-state index in [1.807, 2.05) is 85.1 Å². The summed E-state index contributed by atoms with van der Waals surface area (Å²) >= 11 is 0. The first kappa shape index (κ1) is 17.8. The third kappa shape index (κ3) is 3.22. The van der Waals surface area contributed by atoms with Gasteiger partial charge in [-0.05, 0) is 55.8 Å². The summed E-state index contributed by atoms with van der Waals surface area (Å²) in [7, 11) is 1.63. The average Bonchev–Trinajstić information content (AvgIpc) is 3.05. The SMILES string of the molecule is COc1ccccc1-c1nc2cc(C)ccn2c1NC(=O)c1ccc(C)cc1. The van der Waals surface area contributed by atoms with Gasteiger partial charge in [0.1, 0.15) is 22.9 Å². The highest BCUT2D eigenvalue weighted by atomic mass is 16.5. The van der Waals surface area contributed by atoms with Crippen molar-refractivity contribution in [3.63, 3.8) is 0 Å². The number of amides is 1. The molecular formula is C23H21N3O2. The van der Waals surface area contributed by atoms with Gasteiger partial charge in [0, 0.05) is 17.3 Å². The van der Waals surface area contributed by atoms with Gasteiger partial charge in [-0.3, -0.25) is 9.20 Å². The van der Waals surface area contributed by atoms with E-state index in [-0.39, 0.29) is 5.91 Å². The molecule has 2 heterocycles. The van der Waals surface area contributed by atoms with Gasteiger partial charge in [0.05, 0.1) is 7.11 Å². The number of nitrogens with zero attached hydrogens (tertiary/aromatic N) is 2. The van der Waals surface area contributed by atoms with Crippen LogP contribution >= 0.6 is 0 Å². The number of aryl methyl sites for hydroxylation is 2. The quantitative estimate of drug-likeness (QED) is 0.556. The fourth-order valence-electron chi connectivity index (χ4n) is 3.18. The van der Waals surface area contributed by atoms with Crippen LogP contribution in [0.3, 0.4) is 0 Å². The van der Waals surface area contributed by atoms with Crippen molar-refractivity contribution >= 4 is 17.4 Å². The van der Waals surface area contributed by atoms with Crippen LogP contribution < -0.4 is 10.1 Å². The molecule has 2 aromatic heterocycles. The van der Waals surface area contributed by atoms with Crippen LogP contribution in [0.4, 0.5) is 5.82 Å². The van der Waals surface area contributed by atoms with Crippen LogP contribution in [0, 0.1) is 13.8 Å². The van der Waals surface area contributed by atoms with Crippen molar-refractivity contribution in [1.82, 2.24) is 9.38 Å². The van der Waals surface area contributed by atoms with E-state index < -0.39 is 0 Å². The number of carbonyl (C=O) groups excluding carboxylic acids is 1. The highest BCUT2D eigenvalue weighted by Crippen LogP contribution is 2.35. The van der Waals surface area contributed by atoms with Gasteiger partial charge < -0.3 is 10.1 Å². The molecule has 0 aliphatic rings. The number of anilines is 1. The molecule has 0 unspecified atom stereocenters. The molecule has 0 fully saturated rings. The molecule has 0 saturated carbocycles. The molecule has 0 aliphatic carbocycles. The zero-order valence-corrected chi connectivity index (χ0v) is 16.1. The monoisotopic (exact) mass is 371 g/mol. The van der Waals surface area contributed by atoms with Crippen molar-refractivity contribution in [2.75, 3.05) is 12.4 Å². The summed E-state index contributed by atoms with van der Waals surface area (Å²) in [5.41, 5.74) is 5.06. The number of rotatable bonds is 4. The number of nitrogens with one attached hydrogen (secondary N) is 1. The Bertz CT molecular complexity index is 1160. The summed E-state index contributed by atoms with van der Waals surface area (Å²) in [6, 6.07) is 19.1. The molecule has 4 rings (SSSR count). The molecular weight excluding hydrogens is 350 g/mol. The van der Waals surface area contributed by atoms with Gasteiger partial charge >= 0.3 is 0 Å². The molecule has 0 aliphatic heterocycles. The molecule has 1 amide bonds. The third-order valence-electron chi connectivity index (χ3n) is 4.69. The number of benzene rings is 2. The summed E-state index contributed by atoms with van der Waals surface area (Å²) in [6.45, 7) is 4.01. The zero-order valence-electron chi connectivity index (χ0n) is 16.1. The summed E-state index contributed by atoms with van der Waals surface area (Å²) in [6.07, 6.45) is 1.92. The lowest BCUT2D eigenvalue weighted by atomic mass is 10.1. The average molecular weight is 371 g/mol. The van der Waals surface area contributed by atoms with Crippen LogP contribution in [-0.2, 0) is 0 Å². The number of imidazole rings is 1. The summed E-state index contributed by atoms with van der Waals surface area (Å²) in [5, 5.41) is 3.04. The van der Waals surface area contributed by atoms with E-state index in [9.17, 15) is 4.79 Å². The minimum absolute atomic E-state index is 0.182. The Balaban J connectivity index is 1.86. The number of carbonyl (C=O) groups is 1. The van der Waals surface area contributed by atoms with E-state index in [2.05, 4.69) is 5.32 Å². The van der Waals surface area contributed by atoms with Crippen molar-refractivity contribution in [3.05, 3.63) is 83.6 Å². The van der Waals surface area contributed by atoms with Crippen LogP contribution in [0.5, 0.6) is 5.75 Å². The highest BCUT2D eigenvalue weighted by molar-refractivity contribution is 6.06. The molecule has 0 spiro atoms. The van der Waals surface area contributed by atoms with E-state index in [1.165, 1.54) is 0 Å². The van der Waals surface area contributed by atoms with Gasteiger partial charge in [-0.15, -0.1) is 0 Å². The molecule has 1 N–H and O–H groups in total. The predicted molar refractivity (Wildman–Crippen MR) is 111 cm³/mol. The van der Waals surface area contributed by atoms with Crippen LogP contribution in [0.1, 0.15) is 21.5 Å². The highest BCUT2D eigenvalue weighted by Gasteiger charge is 2.19. The molecule has 5 nitrogen and oxygen atoms in total. The standard InChI is InChI=1S/C23H21N3O2/c1-15-8-10-17(11-9-15)23(27)25-22-21(18-6-4-5-7-19(18)28-3)24-20-14-16(2)12-13-26(20)22/h4-14H,1-3H3,(H,25,27). The summed E-state index contributed by atoms with van der Waals surface area (Å²) in [5.74, 6) is 1.14. The lowest BCUT2D eigenvalue weighted by Gasteiger charge is -2.10. The van der Waals surface area contributed by atoms with Crippen LogP contribution in [0.25, 0.3) is 16.9 Å². The van der Waals surface area contributed by atoms with E-state index in [1.54, 1.807) is 7.11 Å². The Labute approximate surface area is 163 Å². The zero-order chi connectivity index (χ0) is 19.7. The summed E-state index contributed by atoms with van der Waals surface area (Å²) < 4.78 is 7.41. The predicted octanol–water partition coefficient (Wildman–Crippen LogP) is 4.88. The molecule has 28 heavy (non-hydrogen) atoms. The lowest BCUT2D eigenvalue weighted by Crippen LogP contribution is -2.14. The molecule has 2 aromatic carbocycles. The minimum atomic E-state index is -0.182. The maximum Gasteiger partial charge on any atom is 0.256 e. The van der Waals surface area contributed by atoms with Crippen LogP contribution in [-0.4, -0.2) is 22.4 Å². The van der Waals surface area contributed by atoms with Gasteiger partial charge in [-0.25, -0.2) is 4.98 Å². The number of fused-ring (bicyclic) bond motifs is 1. The van der Waals surface area contributed by atoms with Crippen LogP contribution in [0.2, 0.25) is 0 Å². The van der Waals surface area contributed by atoms with Gasteiger partial charge in [-0.2, -0.15) is 0 Å². The number of para-hydroxylation sites is 1. The second kappa shape index (κ2) is 7.19. The number of ether oxygens (including phenoxy) is 1. The largest absolute Gasteiger partial charge is 0.496 e. The van der Waals surface area contributed by atoms with Gasteiger partial charge in [0.2, 0.25) is 0 Å². The topological polar surface area (TPSA) is 55.6 Å². The number of hydrogen-bond acceptors (Lipinski definition) is 3. The number of hydrogen-bond donors (Lipinski definition) is 1. The molecule has 5 heteroatoms. The van der Waals surface area contributed by atoms with Crippen LogP contribution in [0.15, 0.2) is 66.9 Å². The van der Waals surface area contributed by atoms with Crippen molar-refractivity contribution in [2.45, 2.75) is 13.8 Å². The van der Waals surface area contributed by atoms with Crippen molar-refractivity contribution in [2.24, 2.45) is 0 Å². The van der Waals surface area contributed by atoms with Crippen molar-refractivity contribution in [3.8, 4) is 17.0 Å². The Hall–Kier alpha value is -3.60. The maximum absolute atomic E-state index is 12.9. The third-order valence-corrected chi connectivity index (χ3v) is 4.69. The van der Waals surface area contributed by atoms with Gasteiger partial charge in [0.15, 0.2) is 0 Å². The molecule has 0 radical (unpaired) electrons. The Morgan fingerprint density at radius 2 is 1.75 bits per heavy atom. The fraction of sp³-hybridized carbons (Fsp3) is 0.130. The number of aromatic nitrogens is 2. The maximum atomic E-state index is 12.9. The van der Waals surface area contributed by atoms with Crippen molar-refractivity contribution in [1.29, 1.82) is 0 Å². The van der Waals surface area contributed by atoms with E-state index >= 15 is 0 Å². The van der Waals surface area contributed by atoms with Crippen molar-refractivity contribution < 1.29 is 9.53 Å². The minimum Gasteiger partial charge on any atom is -0.496 e. The normalized spacial score (nSPS) is 10.8. The first-order chi connectivity index (χ1) is 13.6. The van der Waals surface area contributed by atoms with Gasteiger partial charge in [0.25, 0.3) is 5.91 Å². The second-order valence-electron chi connectivity index (χ2n) is 6.76. The smallest absolute Gasteiger partial charge is 0.256 e.